The highest BCUT2D eigenvalue weighted by Crippen LogP contribution is 2.38. The Morgan fingerprint density at radius 3 is 2.59 bits per heavy atom. The zero-order valence-electron chi connectivity index (χ0n) is 18.7. The van der Waals surface area contributed by atoms with Gasteiger partial charge in [-0.1, -0.05) is 13.0 Å². The van der Waals surface area contributed by atoms with Crippen LogP contribution in [0.15, 0.2) is 41.6 Å². The second-order valence-electron chi connectivity index (χ2n) is 9.14. The quantitative estimate of drug-likeness (QED) is 0.706. The van der Waals surface area contributed by atoms with Crippen LogP contribution in [0.4, 0.5) is 5.82 Å². The summed E-state index contributed by atoms with van der Waals surface area (Å²) < 4.78 is 33.8. The largest absolute Gasteiger partial charge is 0.474 e. The van der Waals surface area contributed by atoms with E-state index in [0.29, 0.717) is 11.7 Å². The van der Waals surface area contributed by atoms with Gasteiger partial charge in [0.1, 0.15) is 11.9 Å². The number of nitrogens with one attached hydrogen (secondary N) is 1. The number of carbonyl (C=O) groups excluding carboxylic acids is 1. The molecule has 2 aliphatic rings. The summed E-state index contributed by atoms with van der Waals surface area (Å²) in [6.07, 6.45) is 6.71. The van der Waals surface area contributed by atoms with Crippen LogP contribution in [-0.4, -0.2) is 42.5 Å². The van der Waals surface area contributed by atoms with Gasteiger partial charge in [0, 0.05) is 24.3 Å². The van der Waals surface area contributed by atoms with Crippen LogP contribution in [0.25, 0.3) is 0 Å². The van der Waals surface area contributed by atoms with Crippen molar-refractivity contribution in [2.24, 2.45) is 5.92 Å². The monoisotopic (exact) mass is 458 g/mol. The number of sulfonamides is 1. The molecule has 9 heteroatoms. The lowest BCUT2D eigenvalue weighted by atomic mass is 9.90. The van der Waals surface area contributed by atoms with E-state index in [0.717, 1.165) is 38.6 Å². The van der Waals surface area contributed by atoms with Crippen LogP contribution >= 0.6 is 0 Å². The first kappa shape index (κ1) is 22.5. The first-order valence-electron chi connectivity index (χ1n) is 11.1. The van der Waals surface area contributed by atoms with Crippen molar-refractivity contribution in [3.05, 3.63) is 42.1 Å². The van der Waals surface area contributed by atoms with Gasteiger partial charge >= 0.3 is 0 Å². The normalized spacial score (nSPS) is 21.0. The van der Waals surface area contributed by atoms with E-state index in [2.05, 4.69) is 40.4 Å². The van der Waals surface area contributed by atoms with E-state index in [1.165, 1.54) is 6.07 Å². The highest BCUT2D eigenvalue weighted by atomic mass is 32.2. The molecule has 2 aromatic rings. The van der Waals surface area contributed by atoms with Gasteiger partial charge in [-0.25, -0.2) is 9.71 Å². The van der Waals surface area contributed by atoms with Crippen molar-refractivity contribution in [1.82, 2.24) is 14.7 Å². The van der Waals surface area contributed by atoms with Crippen molar-refractivity contribution < 1.29 is 17.9 Å². The number of hydrogen-bond acceptors (Lipinski definition) is 7. The second kappa shape index (κ2) is 8.69. The van der Waals surface area contributed by atoms with Crippen molar-refractivity contribution in [2.75, 3.05) is 11.4 Å². The molecule has 0 spiro atoms. The lowest BCUT2D eigenvalue weighted by Gasteiger charge is -2.36. The van der Waals surface area contributed by atoms with E-state index in [1.54, 1.807) is 30.5 Å². The Bertz CT molecular complexity index is 1100. The van der Waals surface area contributed by atoms with Crippen molar-refractivity contribution in [3.8, 4) is 5.88 Å². The van der Waals surface area contributed by atoms with Crippen LogP contribution in [0.3, 0.4) is 0 Å². The molecule has 1 aliphatic heterocycles. The predicted molar refractivity (Wildman–Crippen MR) is 121 cm³/mol. The van der Waals surface area contributed by atoms with Crippen LogP contribution in [0, 0.1) is 5.92 Å². The van der Waals surface area contributed by atoms with Gasteiger partial charge in [-0.3, -0.25) is 4.79 Å². The number of rotatable bonds is 6. The highest BCUT2D eigenvalue weighted by molar-refractivity contribution is 7.90. The minimum Gasteiger partial charge on any atom is -0.474 e. The number of carbonyl (C=O) groups is 1. The minimum atomic E-state index is -4.18. The Balaban J connectivity index is 1.56. The molecule has 1 N–H and O–H groups in total. The average molecular weight is 459 g/mol. The summed E-state index contributed by atoms with van der Waals surface area (Å²) in [5.41, 5.74) is 0.0204. The van der Waals surface area contributed by atoms with Crippen LogP contribution < -0.4 is 14.4 Å². The molecule has 4 rings (SSSR count). The summed E-state index contributed by atoms with van der Waals surface area (Å²) in [6.45, 7) is 7.13. The minimum absolute atomic E-state index is 0.0548. The van der Waals surface area contributed by atoms with Gasteiger partial charge in [0.15, 0.2) is 5.03 Å². The standard InChI is InChI=1S/C23H30N4O4S/c1-16-13-15-27(23(16,2)3)21-18(10-7-14-24-21)22(28)26-32(29,30)20-12-6-11-19(25-20)31-17-8-4-5-9-17/h6-7,10-12,14,16-17H,4-5,8-9,13,15H2,1-3H3,(H,26,28). The molecular weight excluding hydrogens is 428 g/mol. The molecule has 0 radical (unpaired) electrons. The summed E-state index contributed by atoms with van der Waals surface area (Å²) in [5.74, 6) is 0.422. The lowest BCUT2D eigenvalue weighted by Crippen LogP contribution is -2.43. The van der Waals surface area contributed by atoms with Gasteiger partial charge in [0.2, 0.25) is 5.88 Å². The maximum Gasteiger partial charge on any atom is 0.281 e. The summed E-state index contributed by atoms with van der Waals surface area (Å²) in [5, 5.41) is -0.248. The molecule has 2 fully saturated rings. The molecule has 1 aliphatic carbocycles. The first-order valence-corrected chi connectivity index (χ1v) is 12.6. The maximum absolute atomic E-state index is 13.1. The fourth-order valence-corrected chi connectivity index (χ4v) is 5.34. The molecule has 3 heterocycles. The Hall–Kier alpha value is -2.68. The molecule has 32 heavy (non-hydrogen) atoms. The zero-order valence-corrected chi connectivity index (χ0v) is 19.6. The van der Waals surface area contributed by atoms with Crippen LogP contribution in [0.5, 0.6) is 5.88 Å². The molecule has 1 atom stereocenters. The van der Waals surface area contributed by atoms with Crippen LogP contribution in [0.1, 0.15) is 63.2 Å². The predicted octanol–water partition coefficient (Wildman–Crippen LogP) is 3.54. The summed E-state index contributed by atoms with van der Waals surface area (Å²) in [7, 11) is -4.18. The number of anilines is 1. The molecule has 172 valence electrons. The molecule has 0 aromatic carbocycles. The summed E-state index contributed by atoms with van der Waals surface area (Å²) >= 11 is 0. The van der Waals surface area contributed by atoms with Crippen molar-refractivity contribution in [3.63, 3.8) is 0 Å². The van der Waals surface area contributed by atoms with E-state index >= 15 is 0 Å². The van der Waals surface area contributed by atoms with Gasteiger partial charge in [-0.05, 0) is 70.1 Å². The lowest BCUT2D eigenvalue weighted by molar-refractivity contribution is 0.0981. The Labute approximate surface area is 189 Å². The second-order valence-corrected chi connectivity index (χ2v) is 10.8. The molecular formula is C23H30N4O4S. The fraction of sp³-hybridized carbons (Fsp3) is 0.522. The van der Waals surface area contributed by atoms with E-state index in [1.807, 2.05) is 0 Å². The van der Waals surface area contributed by atoms with E-state index < -0.39 is 15.9 Å². The SMILES string of the molecule is CC1CCN(c2ncccc2C(=O)NS(=O)(=O)c2cccc(OC3CCCC3)n2)C1(C)C. The third-order valence-electron chi connectivity index (χ3n) is 6.76. The van der Waals surface area contributed by atoms with Crippen molar-refractivity contribution in [1.29, 1.82) is 0 Å². The molecule has 1 unspecified atom stereocenters. The Morgan fingerprint density at radius 1 is 1.16 bits per heavy atom. The smallest absolute Gasteiger partial charge is 0.281 e. The molecule has 1 saturated heterocycles. The van der Waals surface area contributed by atoms with Gasteiger partial charge in [0.05, 0.1) is 5.56 Å². The van der Waals surface area contributed by atoms with E-state index in [-0.39, 0.29) is 28.1 Å². The van der Waals surface area contributed by atoms with E-state index in [4.69, 9.17) is 4.74 Å². The highest BCUT2D eigenvalue weighted by Gasteiger charge is 2.40. The van der Waals surface area contributed by atoms with Gasteiger partial charge < -0.3 is 9.64 Å². The van der Waals surface area contributed by atoms with Gasteiger partial charge in [-0.2, -0.15) is 13.4 Å². The number of nitrogens with zero attached hydrogens (tertiary/aromatic N) is 3. The van der Waals surface area contributed by atoms with Crippen molar-refractivity contribution in [2.45, 2.75) is 69.5 Å². The van der Waals surface area contributed by atoms with Crippen LogP contribution in [-0.2, 0) is 10.0 Å². The number of amides is 1. The summed E-state index contributed by atoms with van der Waals surface area (Å²) in [4.78, 5) is 23.7. The molecule has 0 bridgehead atoms. The fourth-order valence-electron chi connectivity index (χ4n) is 4.42. The Kier molecular flexibility index (Phi) is 6.11. The summed E-state index contributed by atoms with van der Waals surface area (Å²) in [6, 6.07) is 7.78. The number of ether oxygens (including phenoxy) is 1. The Morgan fingerprint density at radius 2 is 1.91 bits per heavy atom. The first-order chi connectivity index (χ1) is 15.2. The van der Waals surface area contributed by atoms with Crippen LogP contribution in [0.2, 0.25) is 0 Å². The molecule has 2 aromatic heterocycles. The molecule has 1 saturated carbocycles. The maximum atomic E-state index is 13.1. The van der Waals surface area contributed by atoms with Gasteiger partial charge in [-0.15, -0.1) is 0 Å². The third-order valence-corrected chi connectivity index (χ3v) is 8.00. The zero-order chi connectivity index (χ0) is 22.9. The third kappa shape index (κ3) is 4.44. The molecule has 8 nitrogen and oxygen atoms in total. The topological polar surface area (TPSA) is 101 Å². The number of hydrogen-bond donors (Lipinski definition) is 1. The molecule has 1 amide bonds. The average Bonchev–Trinajstić information content (AvgIpc) is 3.35. The van der Waals surface area contributed by atoms with Gasteiger partial charge in [0.25, 0.3) is 15.9 Å². The van der Waals surface area contributed by atoms with Crippen molar-refractivity contribution >= 4 is 21.7 Å². The number of aromatic nitrogens is 2. The number of pyridine rings is 2. The van der Waals surface area contributed by atoms with E-state index in [9.17, 15) is 13.2 Å².